The van der Waals surface area contributed by atoms with Crippen molar-refractivity contribution >= 4 is 15.9 Å². The topological polar surface area (TPSA) is 0 Å². The summed E-state index contributed by atoms with van der Waals surface area (Å²) in [5.74, 6) is 0. The van der Waals surface area contributed by atoms with Crippen molar-refractivity contribution in [2.45, 2.75) is 32.1 Å². The second kappa shape index (κ2) is 2.54. The average molecular weight is 199 g/mol. The van der Waals surface area contributed by atoms with E-state index in [0.29, 0.717) is 0 Å². The number of hydrogen-bond acceptors (Lipinski definition) is 0. The fourth-order valence-electron chi connectivity index (χ4n) is 1.82. The van der Waals surface area contributed by atoms with Crippen molar-refractivity contribution in [3.63, 3.8) is 0 Å². The number of rotatable bonds is 0. The molecular weight excluding hydrogens is 188 g/mol. The van der Waals surface area contributed by atoms with Gasteiger partial charge in [-0.3, -0.25) is 0 Å². The van der Waals surface area contributed by atoms with Crippen molar-refractivity contribution in [1.29, 1.82) is 0 Å². The molecule has 0 aromatic rings. The third-order valence-corrected chi connectivity index (χ3v) is 3.00. The Morgan fingerprint density at radius 2 is 2.00 bits per heavy atom. The number of hydrogen-bond donors (Lipinski definition) is 0. The number of allylic oxidation sites excluding steroid dienone is 4. The van der Waals surface area contributed by atoms with E-state index in [1.807, 2.05) is 0 Å². The van der Waals surface area contributed by atoms with Crippen molar-refractivity contribution < 1.29 is 0 Å². The van der Waals surface area contributed by atoms with Crippen LogP contribution in [0.15, 0.2) is 21.7 Å². The van der Waals surface area contributed by atoms with Gasteiger partial charge in [0.05, 0.1) is 0 Å². The summed E-state index contributed by atoms with van der Waals surface area (Å²) >= 11 is 3.55. The van der Waals surface area contributed by atoms with Gasteiger partial charge in [0.15, 0.2) is 0 Å². The van der Waals surface area contributed by atoms with Gasteiger partial charge in [-0.1, -0.05) is 21.5 Å². The predicted molar refractivity (Wildman–Crippen MR) is 47.1 cm³/mol. The minimum absolute atomic E-state index is 1.23. The van der Waals surface area contributed by atoms with Crippen LogP contribution in [0.4, 0.5) is 0 Å². The maximum Gasteiger partial charge on any atom is -0.00435 e. The van der Waals surface area contributed by atoms with Crippen LogP contribution in [0.2, 0.25) is 0 Å². The zero-order chi connectivity index (χ0) is 6.97. The van der Waals surface area contributed by atoms with Crippen molar-refractivity contribution in [2.24, 2.45) is 0 Å². The lowest BCUT2D eigenvalue weighted by molar-refractivity contribution is 0.855. The molecule has 0 N–H and O–H groups in total. The van der Waals surface area contributed by atoms with E-state index in [-0.39, 0.29) is 0 Å². The summed E-state index contributed by atoms with van der Waals surface area (Å²) < 4.78 is 1.40. The van der Waals surface area contributed by atoms with Crippen LogP contribution < -0.4 is 0 Å². The molecule has 10 heavy (non-hydrogen) atoms. The summed E-state index contributed by atoms with van der Waals surface area (Å²) in [5.41, 5.74) is 3.35. The smallest absolute Gasteiger partial charge is 0.00435 e. The lowest BCUT2D eigenvalue weighted by Gasteiger charge is -2.10. The lowest BCUT2D eigenvalue weighted by atomic mass is 10.0. The molecule has 0 saturated carbocycles. The Morgan fingerprint density at radius 1 is 1.10 bits per heavy atom. The third-order valence-electron chi connectivity index (χ3n) is 2.38. The number of halogens is 1. The van der Waals surface area contributed by atoms with Crippen LogP contribution in [0.25, 0.3) is 0 Å². The van der Waals surface area contributed by atoms with Crippen molar-refractivity contribution in [2.75, 3.05) is 0 Å². The highest BCUT2D eigenvalue weighted by molar-refractivity contribution is 9.11. The summed E-state index contributed by atoms with van der Waals surface area (Å²) in [6.45, 7) is 0. The van der Waals surface area contributed by atoms with Gasteiger partial charge in [-0.25, -0.2) is 0 Å². The molecule has 0 spiro atoms. The summed E-state index contributed by atoms with van der Waals surface area (Å²) in [5, 5.41) is 0. The molecule has 0 radical (unpaired) electrons. The zero-order valence-electron chi connectivity index (χ0n) is 5.99. The molecule has 54 valence electrons. The summed E-state index contributed by atoms with van der Waals surface area (Å²) in [4.78, 5) is 0. The van der Waals surface area contributed by atoms with Gasteiger partial charge in [0.25, 0.3) is 0 Å². The van der Waals surface area contributed by atoms with Gasteiger partial charge in [-0.2, -0.15) is 0 Å². The first-order valence-corrected chi connectivity index (χ1v) is 4.72. The maximum atomic E-state index is 3.55. The van der Waals surface area contributed by atoms with Crippen LogP contribution in [0.1, 0.15) is 32.1 Å². The molecular formula is C9H11Br. The van der Waals surface area contributed by atoms with Crippen molar-refractivity contribution in [3.8, 4) is 0 Å². The fraction of sp³-hybridized carbons (Fsp3) is 0.556. The van der Waals surface area contributed by atoms with Gasteiger partial charge in [0, 0.05) is 0 Å². The van der Waals surface area contributed by atoms with Gasteiger partial charge < -0.3 is 0 Å². The first kappa shape index (κ1) is 6.66. The molecule has 0 fully saturated rings. The van der Waals surface area contributed by atoms with Crippen molar-refractivity contribution in [1.82, 2.24) is 0 Å². The fourth-order valence-corrected chi connectivity index (χ4v) is 2.30. The molecule has 0 bridgehead atoms. The Kier molecular flexibility index (Phi) is 1.69. The van der Waals surface area contributed by atoms with E-state index in [1.165, 1.54) is 36.6 Å². The zero-order valence-corrected chi connectivity index (χ0v) is 7.58. The molecule has 0 atom stereocenters. The van der Waals surface area contributed by atoms with Crippen LogP contribution in [-0.4, -0.2) is 0 Å². The SMILES string of the molecule is BrC1=CC2=C(CCC2)CC1. The van der Waals surface area contributed by atoms with E-state index < -0.39 is 0 Å². The predicted octanol–water partition coefficient (Wildman–Crippen LogP) is 3.54. The Bertz CT molecular complexity index is 211. The highest BCUT2D eigenvalue weighted by Crippen LogP contribution is 2.36. The first-order chi connectivity index (χ1) is 4.86. The molecule has 2 aliphatic carbocycles. The summed E-state index contributed by atoms with van der Waals surface area (Å²) in [6.07, 6.45) is 8.95. The molecule has 0 aromatic carbocycles. The lowest BCUT2D eigenvalue weighted by Crippen LogP contribution is -1.89. The maximum absolute atomic E-state index is 3.55. The molecule has 0 saturated heterocycles. The van der Waals surface area contributed by atoms with Crippen LogP contribution in [0, 0.1) is 0 Å². The van der Waals surface area contributed by atoms with Gasteiger partial charge in [0.2, 0.25) is 0 Å². The van der Waals surface area contributed by atoms with Gasteiger partial charge in [0.1, 0.15) is 0 Å². The largest absolute Gasteiger partial charge is 0.0666 e. The molecule has 0 amide bonds. The average Bonchev–Trinajstić information content (AvgIpc) is 2.33. The van der Waals surface area contributed by atoms with Gasteiger partial charge in [-0.15, -0.1) is 0 Å². The molecule has 2 rings (SSSR count). The minimum Gasteiger partial charge on any atom is -0.0666 e. The van der Waals surface area contributed by atoms with Crippen LogP contribution in [0.5, 0.6) is 0 Å². The van der Waals surface area contributed by atoms with E-state index in [1.54, 1.807) is 11.1 Å². The monoisotopic (exact) mass is 198 g/mol. The molecule has 0 aliphatic heterocycles. The highest BCUT2D eigenvalue weighted by atomic mass is 79.9. The van der Waals surface area contributed by atoms with Crippen LogP contribution in [0.3, 0.4) is 0 Å². The second-order valence-electron chi connectivity index (χ2n) is 3.07. The van der Waals surface area contributed by atoms with E-state index in [4.69, 9.17) is 0 Å². The van der Waals surface area contributed by atoms with Crippen molar-refractivity contribution in [3.05, 3.63) is 21.7 Å². The second-order valence-corrected chi connectivity index (χ2v) is 4.09. The molecule has 0 aromatic heterocycles. The Morgan fingerprint density at radius 3 is 2.90 bits per heavy atom. The minimum atomic E-state index is 1.23. The van der Waals surface area contributed by atoms with Crippen LogP contribution >= 0.6 is 15.9 Å². The molecule has 0 heterocycles. The summed E-state index contributed by atoms with van der Waals surface area (Å²) in [6, 6.07) is 0. The standard InChI is InChI=1S/C9H11Br/c10-9-5-4-7-2-1-3-8(7)6-9/h6H,1-5H2. The van der Waals surface area contributed by atoms with E-state index in [0.717, 1.165) is 0 Å². The van der Waals surface area contributed by atoms with Gasteiger partial charge >= 0.3 is 0 Å². The molecule has 0 nitrogen and oxygen atoms in total. The summed E-state index contributed by atoms with van der Waals surface area (Å²) in [7, 11) is 0. The quantitative estimate of drug-likeness (QED) is 0.559. The highest BCUT2D eigenvalue weighted by Gasteiger charge is 2.16. The third kappa shape index (κ3) is 1.07. The Hall–Kier alpha value is -0.0400. The van der Waals surface area contributed by atoms with E-state index >= 15 is 0 Å². The molecule has 2 aliphatic rings. The van der Waals surface area contributed by atoms with E-state index in [9.17, 15) is 0 Å². The molecule has 0 unspecified atom stereocenters. The van der Waals surface area contributed by atoms with E-state index in [2.05, 4.69) is 22.0 Å². The normalized spacial score (nSPS) is 24.7. The first-order valence-electron chi connectivity index (χ1n) is 3.93. The van der Waals surface area contributed by atoms with Gasteiger partial charge in [-0.05, 0) is 48.2 Å². The Balaban J connectivity index is 2.29. The van der Waals surface area contributed by atoms with Crippen LogP contribution in [-0.2, 0) is 0 Å². The molecule has 1 heteroatoms. The Labute approximate surface area is 70.1 Å².